The Morgan fingerprint density at radius 3 is 2.81 bits per heavy atom. The van der Waals surface area contributed by atoms with Crippen LogP contribution in [0.4, 0.5) is 0 Å². The minimum Gasteiger partial charge on any atom is -0.481 e. The van der Waals surface area contributed by atoms with Crippen molar-refractivity contribution in [1.29, 1.82) is 0 Å². The first-order valence-electron chi connectivity index (χ1n) is 8.11. The molecule has 0 unspecified atom stereocenters. The van der Waals surface area contributed by atoms with Crippen molar-refractivity contribution in [3.8, 4) is 17.3 Å². The van der Waals surface area contributed by atoms with E-state index >= 15 is 0 Å². The highest BCUT2D eigenvalue weighted by molar-refractivity contribution is 7.88. The molecule has 0 radical (unpaired) electrons. The fourth-order valence-electron chi connectivity index (χ4n) is 2.91. The molecule has 1 atom stereocenters. The number of aromatic nitrogens is 3. The van der Waals surface area contributed by atoms with E-state index in [1.165, 1.54) is 0 Å². The molecular weight excluding hydrogens is 358 g/mol. The summed E-state index contributed by atoms with van der Waals surface area (Å²) in [6, 6.07) is 2.81. The number of pyridine rings is 1. The summed E-state index contributed by atoms with van der Waals surface area (Å²) in [5, 5.41) is 0. The number of hydrogen-bond acceptors (Lipinski definition) is 6. The molecule has 3 rings (SSSR count). The Bertz CT molecular complexity index is 907. The summed E-state index contributed by atoms with van der Waals surface area (Å²) in [6.45, 7) is 2.40. The average Bonchev–Trinajstić information content (AvgIpc) is 3.02. The molecule has 1 amide bonds. The van der Waals surface area contributed by atoms with Gasteiger partial charge in [0.2, 0.25) is 21.8 Å². The summed E-state index contributed by atoms with van der Waals surface area (Å²) in [7, 11) is -1.89. The number of nitrogens with one attached hydrogen (secondary N) is 2. The molecule has 2 N–H and O–H groups in total. The minimum atomic E-state index is -3.44. The van der Waals surface area contributed by atoms with Gasteiger partial charge >= 0.3 is 0 Å². The van der Waals surface area contributed by atoms with Gasteiger partial charge in [-0.1, -0.05) is 0 Å². The summed E-state index contributed by atoms with van der Waals surface area (Å²) in [5.41, 5.74) is 2.58. The second kappa shape index (κ2) is 7.04. The predicted molar refractivity (Wildman–Crippen MR) is 94.9 cm³/mol. The number of rotatable bonds is 5. The number of aromatic amines is 1. The van der Waals surface area contributed by atoms with Crippen molar-refractivity contribution in [2.75, 3.05) is 19.9 Å². The van der Waals surface area contributed by atoms with E-state index in [0.717, 1.165) is 23.2 Å². The molecule has 0 aromatic carbocycles. The summed E-state index contributed by atoms with van der Waals surface area (Å²) >= 11 is 0. The third kappa shape index (κ3) is 4.02. The molecule has 0 aliphatic carbocycles. The number of imidazole rings is 1. The van der Waals surface area contributed by atoms with Crippen LogP contribution in [-0.4, -0.2) is 60.1 Å². The van der Waals surface area contributed by atoms with Crippen LogP contribution in [0.1, 0.15) is 18.3 Å². The molecule has 3 heterocycles. The number of amides is 1. The van der Waals surface area contributed by atoms with E-state index in [-0.39, 0.29) is 5.91 Å². The quantitative estimate of drug-likeness (QED) is 0.772. The largest absolute Gasteiger partial charge is 0.481 e. The smallest absolute Gasteiger partial charge is 0.240 e. The predicted octanol–water partition coefficient (Wildman–Crippen LogP) is 0.303. The van der Waals surface area contributed by atoms with E-state index in [1.807, 2.05) is 6.07 Å². The van der Waals surface area contributed by atoms with Gasteiger partial charge in [0, 0.05) is 30.8 Å². The molecule has 0 bridgehead atoms. The number of carbonyl (C=O) groups is 1. The zero-order valence-electron chi connectivity index (χ0n) is 14.8. The lowest BCUT2D eigenvalue weighted by molar-refractivity contribution is -0.133. The number of hydrogen-bond donors (Lipinski definition) is 2. The molecule has 1 aliphatic heterocycles. The Labute approximate surface area is 151 Å². The lowest BCUT2D eigenvalue weighted by atomic mass is 10.1. The van der Waals surface area contributed by atoms with E-state index in [2.05, 4.69) is 19.7 Å². The summed E-state index contributed by atoms with van der Waals surface area (Å²) in [5.74, 6) is 0.944. The second-order valence-electron chi connectivity index (χ2n) is 6.22. The van der Waals surface area contributed by atoms with Crippen LogP contribution in [0.15, 0.2) is 18.3 Å². The Morgan fingerprint density at radius 1 is 1.42 bits per heavy atom. The van der Waals surface area contributed by atoms with Crippen molar-refractivity contribution in [2.45, 2.75) is 25.9 Å². The third-order valence-electron chi connectivity index (χ3n) is 4.12. The van der Waals surface area contributed by atoms with Gasteiger partial charge in [-0.15, -0.1) is 0 Å². The molecule has 2 aromatic rings. The monoisotopic (exact) mass is 379 g/mol. The minimum absolute atomic E-state index is 0.261. The van der Waals surface area contributed by atoms with Crippen LogP contribution >= 0.6 is 0 Å². The molecule has 1 aliphatic rings. The number of fused-ring (bicyclic) bond motifs is 1. The maximum Gasteiger partial charge on any atom is 0.240 e. The van der Waals surface area contributed by atoms with Crippen LogP contribution in [0.2, 0.25) is 0 Å². The van der Waals surface area contributed by atoms with Gasteiger partial charge in [0.05, 0.1) is 37.3 Å². The normalized spacial score (nSPS) is 15.4. The van der Waals surface area contributed by atoms with Crippen LogP contribution in [0.25, 0.3) is 11.4 Å². The van der Waals surface area contributed by atoms with E-state index in [4.69, 9.17) is 4.74 Å². The Balaban J connectivity index is 1.74. The first kappa shape index (κ1) is 18.3. The van der Waals surface area contributed by atoms with Gasteiger partial charge in [0.25, 0.3) is 0 Å². The van der Waals surface area contributed by atoms with E-state index in [0.29, 0.717) is 31.2 Å². The van der Waals surface area contributed by atoms with Gasteiger partial charge in [-0.05, 0) is 13.0 Å². The SMILES string of the molecule is COc1ccc(-c2nc3c([nH]2)CN(C(=O)[C@@H](C)NS(C)(=O)=O)CC3)cn1. The second-order valence-corrected chi connectivity index (χ2v) is 8.00. The van der Waals surface area contributed by atoms with Crippen molar-refractivity contribution in [2.24, 2.45) is 0 Å². The number of sulfonamides is 1. The fourth-order valence-corrected chi connectivity index (χ4v) is 3.65. The topological polar surface area (TPSA) is 117 Å². The molecule has 10 heteroatoms. The standard InChI is InChI=1S/C16H21N5O4S/c1-10(20-26(3,23)24)16(22)21-7-6-12-13(9-21)19-15(18-12)11-4-5-14(25-2)17-8-11/h4-5,8,10,20H,6-7,9H2,1-3H3,(H,18,19)/t10-/m1/s1. The molecule has 2 aromatic heterocycles. The van der Waals surface area contributed by atoms with Gasteiger partial charge < -0.3 is 14.6 Å². The molecule has 9 nitrogen and oxygen atoms in total. The third-order valence-corrected chi connectivity index (χ3v) is 4.91. The molecular formula is C16H21N5O4S. The Kier molecular flexibility index (Phi) is 4.97. The highest BCUT2D eigenvalue weighted by Gasteiger charge is 2.28. The zero-order chi connectivity index (χ0) is 18.9. The maximum atomic E-state index is 12.5. The number of nitrogens with zero attached hydrogens (tertiary/aromatic N) is 3. The van der Waals surface area contributed by atoms with Crippen LogP contribution in [-0.2, 0) is 27.8 Å². The van der Waals surface area contributed by atoms with Crippen LogP contribution in [0.5, 0.6) is 5.88 Å². The summed E-state index contributed by atoms with van der Waals surface area (Å²) in [4.78, 5) is 26.1. The molecule has 0 fully saturated rings. The summed E-state index contributed by atoms with van der Waals surface area (Å²) in [6.07, 6.45) is 3.31. The van der Waals surface area contributed by atoms with Crippen molar-refractivity contribution in [1.82, 2.24) is 24.6 Å². The number of carbonyl (C=O) groups excluding carboxylic acids is 1. The van der Waals surface area contributed by atoms with Crippen molar-refractivity contribution in [3.63, 3.8) is 0 Å². The van der Waals surface area contributed by atoms with Crippen LogP contribution < -0.4 is 9.46 Å². The number of ether oxygens (including phenoxy) is 1. The number of methoxy groups -OCH3 is 1. The summed E-state index contributed by atoms with van der Waals surface area (Å²) < 4.78 is 30.0. The Morgan fingerprint density at radius 2 is 2.19 bits per heavy atom. The van der Waals surface area contributed by atoms with Crippen molar-refractivity contribution >= 4 is 15.9 Å². The van der Waals surface area contributed by atoms with Gasteiger partial charge in [0.1, 0.15) is 5.82 Å². The van der Waals surface area contributed by atoms with E-state index < -0.39 is 16.1 Å². The Hall–Kier alpha value is -2.46. The van der Waals surface area contributed by atoms with Gasteiger partial charge in [-0.2, -0.15) is 0 Å². The highest BCUT2D eigenvalue weighted by atomic mass is 32.2. The fraction of sp³-hybridized carbons (Fsp3) is 0.438. The lowest BCUT2D eigenvalue weighted by Crippen LogP contribution is -2.48. The molecule has 0 saturated heterocycles. The first-order valence-corrected chi connectivity index (χ1v) is 10.00. The molecule has 140 valence electrons. The van der Waals surface area contributed by atoms with Gasteiger partial charge in [-0.3, -0.25) is 4.79 Å². The first-order chi connectivity index (χ1) is 12.3. The zero-order valence-corrected chi connectivity index (χ0v) is 15.6. The van der Waals surface area contributed by atoms with Gasteiger partial charge in [-0.25, -0.2) is 23.1 Å². The molecule has 0 saturated carbocycles. The van der Waals surface area contributed by atoms with E-state index in [9.17, 15) is 13.2 Å². The van der Waals surface area contributed by atoms with Gasteiger partial charge in [0.15, 0.2) is 0 Å². The molecule has 26 heavy (non-hydrogen) atoms. The van der Waals surface area contributed by atoms with Crippen molar-refractivity contribution in [3.05, 3.63) is 29.7 Å². The van der Waals surface area contributed by atoms with Crippen LogP contribution in [0.3, 0.4) is 0 Å². The van der Waals surface area contributed by atoms with Crippen molar-refractivity contribution < 1.29 is 17.9 Å². The van der Waals surface area contributed by atoms with Crippen LogP contribution in [0, 0.1) is 0 Å². The molecule has 0 spiro atoms. The number of H-pyrrole nitrogens is 1. The lowest BCUT2D eigenvalue weighted by Gasteiger charge is -2.28. The highest BCUT2D eigenvalue weighted by Crippen LogP contribution is 2.23. The maximum absolute atomic E-state index is 12.5. The average molecular weight is 379 g/mol. The van der Waals surface area contributed by atoms with E-state index in [1.54, 1.807) is 31.2 Å².